The van der Waals surface area contributed by atoms with E-state index in [1.54, 1.807) is 30.5 Å². The molecule has 0 bridgehead atoms. The van der Waals surface area contributed by atoms with E-state index in [1.807, 2.05) is 60.0 Å². The highest BCUT2D eigenvalue weighted by atomic mass is 32.1. The summed E-state index contributed by atoms with van der Waals surface area (Å²) in [5.41, 5.74) is 6.43. The Morgan fingerprint density at radius 2 is 1.60 bits per heavy atom. The highest BCUT2D eigenvalue weighted by Gasteiger charge is 2.05. The molecule has 0 saturated heterocycles. The van der Waals surface area contributed by atoms with Crippen molar-refractivity contribution in [2.24, 2.45) is 5.10 Å². The maximum absolute atomic E-state index is 11.4. The number of hydrogen-bond donors (Lipinski definition) is 1. The summed E-state index contributed by atoms with van der Waals surface area (Å²) in [4.78, 5) is 16.0. The van der Waals surface area contributed by atoms with Crippen LogP contribution in [0.3, 0.4) is 0 Å². The van der Waals surface area contributed by atoms with Crippen molar-refractivity contribution in [2.45, 2.75) is 6.42 Å². The van der Waals surface area contributed by atoms with E-state index in [0.717, 1.165) is 34.1 Å². The van der Waals surface area contributed by atoms with Gasteiger partial charge in [0.05, 0.1) is 37.8 Å². The molecule has 0 aliphatic rings. The molecule has 1 N–H and O–H groups in total. The minimum Gasteiger partial charge on any atom is -0.493 e. The summed E-state index contributed by atoms with van der Waals surface area (Å²) >= 11 is 1.51. The Labute approximate surface area is 208 Å². The van der Waals surface area contributed by atoms with E-state index in [4.69, 9.17) is 9.47 Å². The number of rotatable bonds is 11. The third-order valence-corrected chi connectivity index (χ3v) is 5.68. The predicted octanol–water partition coefficient (Wildman–Crippen LogP) is 5.89. The summed E-state index contributed by atoms with van der Waals surface area (Å²) in [6, 6.07) is 24.6. The normalized spacial score (nSPS) is 10.8. The standard InChI is InChI=1S/C27H25N3O4S/c1-32-26(31)22-10-14-24(15-11-22)34-17-5-16-33-23-12-8-20(9-13-23)18-28-30-27-29-25(19-35-27)21-6-3-2-4-7-21/h2-4,6-15,18-19H,5,16-17H2,1H3,(H,29,30). The Morgan fingerprint density at radius 1 is 0.943 bits per heavy atom. The average Bonchev–Trinajstić information content (AvgIpc) is 3.39. The Kier molecular flexibility index (Phi) is 8.45. The molecule has 4 rings (SSSR count). The zero-order chi connectivity index (χ0) is 24.3. The van der Waals surface area contributed by atoms with Gasteiger partial charge in [-0.3, -0.25) is 5.43 Å². The molecule has 0 aliphatic heterocycles. The number of aromatic nitrogens is 1. The second kappa shape index (κ2) is 12.3. The second-order valence-corrected chi connectivity index (χ2v) is 8.27. The Bertz CT molecular complexity index is 1240. The molecule has 35 heavy (non-hydrogen) atoms. The molecule has 0 spiro atoms. The lowest BCUT2D eigenvalue weighted by Crippen LogP contribution is -2.05. The number of ether oxygens (including phenoxy) is 3. The van der Waals surface area contributed by atoms with Gasteiger partial charge in [-0.2, -0.15) is 5.10 Å². The fourth-order valence-corrected chi connectivity index (χ4v) is 3.79. The van der Waals surface area contributed by atoms with Crippen LogP contribution in [0.25, 0.3) is 11.3 Å². The van der Waals surface area contributed by atoms with Gasteiger partial charge in [-0.1, -0.05) is 30.3 Å². The molecule has 0 amide bonds. The number of thiazole rings is 1. The first kappa shape index (κ1) is 24.0. The van der Waals surface area contributed by atoms with Crippen LogP contribution in [0.15, 0.2) is 89.3 Å². The molecule has 178 valence electrons. The number of hydrazone groups is 1. The second-order valence-electron chi connectivity index (χ2n) is 7.41. The summed E-state index contributed by atoms with van der Waals surface area (Å²) in [6.07, 6.45) is 2.47. The monoisotopic (exact) mass is 487 g/mol. The number of carbonyl (C=O) groups is 1. The SMILES string of the molecule is COC(=O)c1ccc(OCCCOc2ccc(C=NNc3nc(-c4ccccc4)cs3)cc2)cc1. The third-order valence-electron chi connectivity index (χ3n) is 4.93. The van der Waals surface area contributed by atoms with Gasteiger partial charge >= 0.3 is 5.97 Å². The Hall–Kier alpha value is -4.17. The molecular formula is C27H25N3O4S. The van der Waals surface area contributed by atoms with Crippen molar-refractivity contribution in [2.75, 3.05) is 25.7 Å². The molecule has 0 fully saturated rings. The Balaban J connectivity index is 1.16. The lowest BCUT2D eigenvalue weighted by Gasteiger charge is -2.08. The first-order valence-electron chi connectivity index (χ1n) is 11.1. The molecule has 0 aliphatic carbocycles. The van der Waals surface area contributed by atoms with Crippen molar-refractivity contribution in [3.63, 3.8) is 0 Å². The van der Waals surface area contributed by atoms with Gasteiger partial charge in [-0.15, -0.1) is 11.3 Å². The van der Waals surface area contributed by atoms with Crippen molar-refractivity contribution in [1.82, 2.24) is 4.98 Å². The number of hydrogen-bond acceptors (Lipinski definition) is 8. The molecule has 0 unspecified atom stereocenters. The number of nitrogens with one attached hydrogen (secondary N) is 1. The fraction of sp³-hybridized carbons (Fsp3) is 0.148. The molecule has 0 radical (unpaired) electrons. The van der Waals surface area contributed by atoms with E-state index in [9.17, 15) is 4.79 Å². The van der Waals surface area contributed by atoms with E-state index in [0.29, 0.717) is 24.5 Å². The largest absolute Gasteiger partial charge is 0.493 e. The Morgan fingerprint density at radius 3 is 2.26 bits per heavy atom. The van der Waals surface area contributed by atoms with Crippen molar-refractivity contribution in [3.8, 4) is 22.8 Å². The van der Waals surface area contributed by atoms with Gasteiger partial charge in [0.2, 0.25) is 5.13 Å². The van der Waals surface area contributed by atoms with Gasteiger partial charge in [-0.05, 0) is 54.1 Å². The van der Waals surface area contributed by atoms with Crippen LogP contribution in [-0.4, -0.2) is 37.5 Å². The predicted molar refractivity (Wildman–Crippen MR) is 139 cm³/mol. The molecule has 0 atom stereocenters. The van der Waals surface area contributed by atoms with E-state index < -0.39 is 0 Å². The summed E-state index contributed by atoms with van der Waals surface area (Å²) in [7, 11) is 1.36. The van der Waals surface area contributed by atoms with Gasteiger partial charge in [0, 0.05) is 17.4 Å². The maximum Gasteiger partial charge on any atom is 0.337 e. The molecule has 4 aromatic rings. The van der Waals surface area contributed by atoms with E-state index in [2.05, 4.69) is 20.2 Å². The van der Waals surface area contributed by atoms with Crippen LogP contribution in [0.1, 0.15) is 22.3 Å². The first-order valence-corrected chi connectivity index (χ1v) is 11.9. The highest BCUT2D eigenvalue weighted by molar-refractivity contribution is 7.14. The van der Waals surface area contributed by atoms with Crippen LogP contribution in [-0.2, 0) is 4.74 Å². The summed E-state index contributed by atoms with van der Waals surface area (Å²) in [5.74, 6) is 1.12. The summed E-state index contributed by atoms with van der Waals surface area (Å²) in [5, 5.41) is 7.02. The van der Waals surface area contributed by atoms with E-state index in [1.165, 1.54) is 18.4 Å². The quantitative estimate of drug-likeness (QED) is 0.123. The maximum atomic E-state index is 11.4. The molecule has 7 nitrogen and oxygen atoms in total. The van der Waals surface area contributed by atoms with Gasteiger partial charge in [-0.25, -0.2) is 9.78 Å². The van der Waals surface area contributed by atoms with Crippen LogP contribution in [0.5, 0.6) is 11.5 Å². The highest BCUT2D eigenvalue weighted by Crippen LogP contribution is 2.24. The molecule has 8 heteroatoms. The van der Waals surface area contributed by atoms with Gasteiger partial charge in [0.1, 0.15) is 11.5 Å². The van der Waals surface area contributed by atoms with Crippen LogP contribution in [0, 0.1) is 0 Å². The lowest BCUT2D eigenvalue weighted by molar-refractivity contribution is 0.0600. The van der Waals surface area contributed by atoms with Crippen molar-refractivity contribution >= 4 is 28.7 Å². The van der Waals surface area contributed by atoms with Crippen LogP contribution >= 0.6 is 11.3 Å². The van der Waals surface area contributed by atoms with Gasteiger partial charge < -0.3 is 14.2 Å². The number of anilines is 1. The van der Waals surface area contributed by atoms with Crippen molar-refractivity contribution in [3.05, 3.63) is 95.4 Å². The number of esters is 1. The van der Waals surface area contributed by atoms with Crippen LogP contribution < -0.4 is 14.9 Å². The van der Waals surface area contributed by atoms with E-state index in [-0.39, 0.29) is 5.97 Å². The number of carbonyl (C=O) groups excluding carboxylic acids is 1. The fourth-order valence-electron chi connectivity index (χ4n) is 3.12. The molecule has 3 aromatic carbocycles. The molecule has 0 saturated carbocycles. The molecule has 1 heterocycles. The smallest absolute Gasteiger partial charge is 0.337 e. The van der Waals surface area contributed by atoms with Crippen LogP contribution in [0.4, 0.5) is 5.13 Å². The van der Waals surface area contributed by atoms with Crippen LogP contribution in [0.2, 0.25) is 0 Å². The average molecular weight is 488 g/mol. The van der Waals surface area contributed by atoms with Gasteiger partial charge in [0.25, 0.3) is 0 Å². The number of nitrogens with zero attached hydrogens (tertiary/aromatic N) is 2. The zero-order valence-corrected chi connectivity index (χ0v) is 20.0. The number of benzene rings is 3. The molecule has 1 aromatic heterocycles. The summed E-state index contributed by atoms with van der Waals surface area (Å²) in [6.45, 7) is 1.04. The molecular weight excluding hydrogens is 462 g/mol. The zero-order valence-electron chi connectivity index (χ0n) is 19.2. The number of methoxy groups -OCH3 is 1. The van der Waals surface area contributed by atoms with E-state index >= 15 is 0 Å². The summed E-state index contributed by atoms with van der Waals surface area (Å²) < 4.78 is 16.1. The minimum absolute atomic E-state index is 0.365. The minimum atomic E-state index is -0.365. The lowest BCUT2D eigenvalue weighted by atomic mass is 10.2. The van der Waals surface area contributed by atoms with Crippen molar-refractivity contribution in [1.29, 1.82) is 0 Å². The van der Waals surface area contributed by atoms with Gasteiger partial charge in [0.15, 0.2) is 0 Å². The topological polar surface area (TPSA) is 82.0 Å². The third kappa shape index (κ3) is 7.15. The first-order chi connectivity index (χ1) is 17.2. The van der Waals surface area contributed by atoms with Crippen molar-refractivity contribution < 1.29 is 19.0 Å².